The van der Waals surface area contributed by atoms with Gasteiger partial charge in [-0.05, 0) is 18.6 Å². The highest BCUT2D eigenvalue weighted by molar-refractivity contribution is 5.77. The first-order valence-electron chi connectivity index (χ1n) is 6.44. The summed E-state index contributed by atoms with van der Waals surface area (Å²) >= 11 is 0. The first-order chi connectivity index (χ1) is 9.83. The minimum Gasteiger partial charge on any atom is -0.486 e. The van der Waals surface area contributed by atoms with E-state index in [9.17, 15) is 4.79 Å². The third-order valence-corrected chi connectivity index (χ3v) is 2.99. The van der Waals surface area contributed by atoms with E-state index in [4.69, 9.17) is 9.15 Å². The van der Waals surface area contributed by atoms with Gasteiger partial charge in [-0.3, -0.25) is 0 Å². The number of hydrogen-bond donors (Lipinski definition) is 0. The van der Waals surface area contributed by atoms with Gasteiger partial charge in [-0.25, -0.2) is 9.78 Å². The first-order valence-corrected chi connectivity index (χ1v) is 6.44. The van der Waals surface area contributed by atoms with E-state index in [1.807, 2.05) is 29.0 Å². The van der Waals surface area contributed by atoms with E-state index < -0.39 is 5.63 Å². The Bertz CT molecular complexity index is 747. The van der Waals surface area contributed by atoms with Gasteiger partial charge in [0, 0.05) is 24.3 Å². The molecule has 0 bridgehead atoms. The van der Waals surface area contributed by atoms with Crippen molar-refractivity contribution in [1.29, 1.82) is 0 Å². The Kier molecular flexibility index (Phi) is 3.50. The summed E-state index contributed by atoms with van der Waals surface area (Å²) in [6.45, 7) is 1.26. The van der Waals surface area contributed by atoms with Gasteiger partial charge in [0.15, 0.2) is 0 Å². The molecule has 0 saturated carbocycles. The van der Waals surface area contributed by atoms with Crippen molar-refractivity contribution in [3.63, 3.8) is 0 Å². The van der Waals surface area contributed by atoms with Gasteiger partial charge in [-0.1, -0.05) is 18.2 Å². The molecule has 20 heavy (non-hydrogen) atoms. The zero-order chi connectivity index (χ0) is 13.8. The van der Waals surface area contributed by atoms with Gasteiger partial charge in [-0.15, -0.1) is 0 Å². The fourth-order valence-corrected chi connectivity index (χ4v) is 1.99. The molecule has 1 aromatic carbocycles. The summed E-state index contributed by atoms with van der Waals surface area (Å²) in [7, 11) is 0. The number of aryl methyl sites for hydroxylation is 1. The van der Waals surface area contributed by atoms with Crippen molar-refractivity contribution in [2.75, 3.05) is 6.61 Å². The molecule has 0 N–H and O–H groups in total. The quantitative estimate of drug-likeness (QED) is 0.528. The van der Waals surface area contributed by atoms with Crippen LogP contribution in [0.5, 0.6) is 5.75 Å². The number of nitrogens with zero attached hydrogens (tertiary/aromatic N) is 2. The Balaban J connectivity index is 1.65. The molecule has 0 aliphatic rings. The molecule has 5 heteroatoms. The number of imidazole rings is 1. The number of para-hydroxylation sites is 1. The third kappa shape index (κ3) is 2.71. The standard InChI is InChI=1S/C15H14N2O3/c18-15-14(10-12-4-1-2-5-13(12)20-15)19-9-3-7-17-8-6-16-11-17/h1-2,4-6,8,10-11H,3,7,9H2. The summed E-state index contributed by atoms with van der Waals surface area (Å²) in [4.78, 5) is 15.7. The highest BCUT2D eigenvalue weighted by Gasteiger charge is 2.05. The summed E-state index contributed by atoms with van der Waals surface area (Å²) in [5.41, 5.74) is 0.134. The number of fused-ring (bicyclic) bond motifs is 1. The van der Waals surface area contributed by atoms with Crippen LogP contribution in [0.2, 0.25) is 0 Å². The maximum absolute atomic E-state index is 11.7. The molecule has 0 atom stereocenters. The second-order valence-corrected chi connectivity index (χ2v) is 4.44. The maximum Gasteiger partial charge on any atom is 0.379 e. The minimum atomic E-state index is -0.439. The van der Waals surface area contributed by atoms with Crippen molar-refractivity contribution in [1.82, 2.24) is 9.55 Å². The molecule has 3 aromatic rings. The van der Waals surface area contributed by atoms with E-state index in [0.717, 1.165) is 18.4 Å². The molecular formula is C15H14N2O3. The van der Waals surface area contributed by atoms with Crippen LogP contribution in [0, 0.1) is 0 Å². The van der Waals surface area contributed by atoms with Gasteiger partial charge in [0.05, 0.1) is 12.9 Å². The van der Waals surface area contributed by atoms with Gasteiger partial charge < -0.3 is 13.7 Å². The van der Waals surface area contributed by atoms with Crippen molar-refractivity contribution >= 4 is 11.0 Å². The van der Waals surface area contributed by atoms with Gasteiger partial charge in [0.2, 0.25) is 5.75 Å². The van der Waals surface area contributed by atoms with Crippen LogP contribution in [-0.2, 0) is 6.54 Å². The highest BCUT2D eigenvalue weighted by Crippen LogP contribution is 2.16. The van der Waals surface area contributed by atoms with E-state index >= 15 is 0 Å². The molecule has 3 rings (SSSR count). The van der Waals surface area contributed by atoms with Crippen LogP contribution in [0.4, 0.5) is 0 Å². The Morgan fingerprint density at radius 3 is 3.05 bits per heavy atom. The van der Waals surface area contributed by atoms with Crippen molar-refractivity contribution in [2.45, 2.75) is 13.0 Å². The fraction of sp³-hybridized carbons (Fsp3) is 0.200. The lowest BCUT2D eigenvalue weighted by molar-refractivity contribution is 0.288. The topological polar surface area (TPSA) is 57.3 Å². The Hall–Kier alpha value is -2.56. The number of rotatable bonds is 5. The maximum atomic E-state index is 11.7. The van der Waals surface area contributed by atoms with E-state index in [0.29, 0.717) is 12.2 Å². The van der Waals surface area contributed by atoms with Gasteiger partial charge in [-0.2, -0.15) is 0 Å². The van der Waals surface area contributed by atoms with E-state index in [-0.39, 0.29) is 5.75 Å². The molecular weight excluding hydrogens is 256 g/mol. The summed E-state index contributed by atoms with van der Waals surface area (Å²) < 4.78 is 12.7. The van der Waals surface area contributed by atoms with Crippen molar-refractivity contribution in [2.24, 2.45) is 0 Å². The molecule has 102 valence electrons. The smallest absolute Gasteiger partial charge is 0.379 e. The Morgan fingerprint density at radius 1 is 1.30 bits per heavy atom. The third-order valence-electron chi connectivity index (χ3n) is 2.99. The predicted octanol–water partition coefficient (Wildman–Crippen LogP) is 2.46. The summed E-state index contributed by atoms with van der Waals surface area (Å²) in [5, 5.41) is 0.858. The summed E-state index contributed by atoms with van der Waals surface area (Å²) in [6, 6.07) is 9.09. The molecule has 0 spiro atoms. The fourth-order valence-electron chi connectivity index (χ4n) is 1.99. The van der Waals surface area contributed by atoms with Crippen LogP contribution >= 0.6 is 0 Å². The second-order valence-electron chi connectivity index (χ2n) is 4.44. The normalized spacial score (nSPS) is 10.8. The van der Waals surface area contributed by atoms with Crippen LogP contribution in [0.3, 0.4) is 0 Å². The van der Waals surface area contributed by atoms with Crippen LogP contribution < -0.4 is 10.4 Å². The van der Waals surface area contributed by atoms with Crippen molar-refractivity contribution in [3.05, 3.63) is 59.5 Å². The van der Waals surface area contributed by atoms with E-state index in [1.165, 1.54) is 0 Å². The van der Waals surface area contributed by atoms with Crippen molar-refractivity contribution in [3.8, 4) is 5.75 Å². The van der Waals surface area contributed by atoms with Crippen LogP contribution in [-0.4, -0.2) is 16.2 Å². The average Bonchev–Trinajstić information content (AvgIpc) is 2.97. The van der Waals surface area contributed by atoms with Gasteiger partial charge >= 0.3 is 5.63 Å². The molecule has 0 unspecified atom stereocenters. The Morgan fingerprint density at radius 2 is 2.20 bits per heavy atom. The predicted molar refractivity (Wildman–Crippen MR) is 74.8 cm³/mol. The lowest BCUT2D eigenvalue weighted by atomic mass is 10.2. The van der Waals surface area contributed by atoms with Crippen molar-refractivity contribution < 1.29 is 9.15 Å². The largest absolute Gasteiger partial charge is 0.486 e. The molecule has 0 aliphatic heterocycles. The number of aromatic nitrogens is 2. The number of hydrogen-bond acceptors (Lipinski definition) is 4. The van der Waals surface area contributed by atoms with E-state index in [1.54, 1.807) is 24.7 Å². The Labute approximate surface area is 115 Å². The molecule has 2 aromatic heterocycles. The van der Waals surface area contributed by atoms with Crippen LogP contribution in [0.15, 0.2) is 58.3 Å². The lowest BCUT2D eigenvalue weighted by Gasteiger charge is -2.06. The summed E-state index contributed by atoms with van der Waals surface area (Å²) in [6.07, 6.45) is 6.18. The minimum absolute atomic E-state index is 0.259. The monoisotopic (exact) mass is 270 g/mol. The van der Waals surface area contributed by atoms with Crippen LogP contribution in [0.25, 0.3) is 11.0 Å². The zero-order valence-electron chi connectivity index (χ0n) is 10.9. The SMILES string of the molecule is O=c1oc2ccccc2cc1OCCCn1ccnc1. The van der Waals surface area contributed by atoms with Crippen LogP contribution in [0.1, 0.15) is 6.42 Å². The lowest BCUT2D eigenvalue weighted by Crippen LogP contribution is -2.09. The molecule has 0 amide bonds. The molecule has 0 fully saturated rings. The van der Waals surface area contributed by atoms with Gasteiger partial charge in [0.25, 0.3) is 0 Å². The average molecular weight is 270 g/mol. The first kappa shape index (κ1) is 12.5. The van der Waals surface area contributed by atoms with Gasteiger partial charge in [0.1, 0.15) is 5.58 Å². The highest BCUT2D eigenvalue weighted by atomic mass is 16.5. The second kappa shape index (κ2) is 5.61. The molecule has 5 nitrogen and oxygen atoms in total. The number of ether oxygens (including phenoxy) is 1. The molecule has 0 radical (unpaired) electrons. The molecule has 0 saturated heterocycles. The molecule has 0 aliphatic carbocycles. The summed E-state index contributed by atoms with van der Waals surface area (Å²) in [5.74, 6) is 0.259. The van der Waals surface area contributed by atoms with E-state index in [2.05, 4.69) is 4.98 Å². The molecule has 2 heterocycles. The zero-order valence-corrected chi connectivity index (χ0v) is 10.9. The number of benzene rings is 1.